The molecule has 1 fully saturated rings. The summed E-state index contributed by atoms with van der Waals surface area (Å²) in [5.74, 6) is -3.59. The van der Waals surface area contributed by atoms with Crippen molar-refractivity contribution in [2.24, 2.45) is 0 Å². The Morgan fingerprint density at radius 3 is 2.07 bits per heavy atom. The third kappa shape index (κ3) is 11.3. The maximum atomic E-state index is 13.5. The van der Waals surface area contributed by atoms with Crippen molar-refractivity contribution in [3.05, 3.63) is 114 Å². The molecule has 3 aromatic carbocycles. The molecule has 0 radical (unpaired) electrons. The number of nitrogens with one attached hydrogen (secondary N) is 5. The van der Waals surface area contributed by atoms with Crippen molar-refractivity contribution in [3.8, 4) is 6.07 Å². The number of anilines is 2. The number of urea groups is 1. The molecule has 0 bridgehead atoms. The van der Waals surface area contributed by atoms with Gasteiger partial charge in [0.05, 0.1) is 30.0 Å². The topological polar surface area (TPSA) is 257 Å². The minimum atomic E-state index is -5.08. The molecule has 314 valence electrons. The Morgan fingerprint density at radius 1 is 0.900 bits per heavy atom. The molecule has 2 heterocycles. The van der Waals surface area contributed by atoms with Crippen LogP contribution in [-0.2, 0) is 9.59 Å². The van der Waals surface area contributed by atoms with Crippen molar-refractivity contribution in [1.29, 1.82) is 5.26 Å². The summed E-state index contributed by atoms with van der Waals surface area (Å²) in [5.41, 5.74) is 3.71. The van der Waals surface area contributed by atoms with Gasteiger partial charge >= 0.3 is 18.2 Å². The second kappa shape index (κ2) is 20.0. The van der Waals surface area contributed by atoms with E-state index < -0.39 is 48.4 Å². The maximum absolute atomic E-state index is 13.5. The molecule has 0 spiro atoms. The summed E-state index contributed by atoms with van der Waals surface area (Å²) in [4.78, 5) is 60.7. The Balaban J connectivity index is 0.000000896. The monoisotopic (exact) mass is 830 g/mol. The molecule has 5 aromatic rings. The first-order chi connectivity index (χ1) is 28.7. The largest absolute Gasteiger partial charge is 0.490 e. The van der Waals surface area contributed by atoms with Gasteiger partial charge in [-0.2, -0.15) is 18.4 Å². The fourth-order valence-electron chi connectivity index (χ4n) is 6.35. The third-order valence-electron chi connectivity index (χ3n) is 9.39. The third-order valence-corrected chi connectivity index (χ3v) is 9.39. The molecule has 2 aromatic heterocycles. The standard InChI is InChI=1S/C38H40N10O5.C2HF3O2/c1-2-30(49)45-28-19-29(33(51)32(28)50)48-22-43-31-34(42-21-27(24-9-5-3-6-10-24)25-11-7-4-8-12-25)46-35(47-36(31)48)37(52)40-17-18-41-38(53)44-26-15-13-23(20-39)14-16-26;3-2(4,5)1(6)7/h3-16,22,27-29,32-33,50-51H,2,17-19,21H2,1H3,(H,40,52)(H,45,49)(H2,41,44,53)(H,42,46,47);(H,6,7)/t28-,29+,32+,33-;/m0./s1. The highest BCUT2D eigenvalue weighted by Gasteiger charge is 2.44. The molecule has 4 atom stereocenters. The minimum Gasteiger partial charge on any atom is -0.475 e. The zero-order valence-electron chi connectivity index (χ0n) is 31.9. The van der Waals surface area contributed by atoms with E-state index in [2.05, 4.69) is 41.5 Å². The number of nitrogens with zero attached hydrogens (tertiary/aromatic N) is 5. The number of amides is 4. The Morgan fingerprint density at radius 2 is 1.50 bits per heavy atom. The van der Waals surface area contributed by atoms with E-state index in [9.17, 15) is 37.8 Å². The number of carbonyl (C=O) groups excluding carboxylic acids is 3. The summed E-state index contributed by atoms with van der Waals surface area (Å²) >= 11 is 0. The lowest BCUT2D eigenvalue weighted by molar-refractivity contribution is -0.192. The van der Waals surface area contributed by atoms with Crippen molar-refractivity contribution < 1.29 is 47.7 Å². The number of halogens is 3. The lowest BCUT2D eigenvalue weighted by atomic mass is 9.91. The predicted molar refractivity (Wildman–Crippen MR) is 211 cm³/mol. The minimum absolute atomic E-state index is 0.0550. The molecule has 20 heteroatoms. The van der Waals surface area contributed by atoms with Gasteiger partial charge in [-0.15, -0.1) is 0 Å². The fourth-order valence-corrected chi connectivity index (χ4v) is 6.35. The maximum Gasteiger partial charge on any atom is 0.490 e. The van der Waals surface area contributed by atoms with Gasteiger partial charge in [0, 0.05) is 37.7 Å². The van der Waals surface area contributed by atoms with Crippen LogP contribution in [-0.4, -0.2) is 103 Å². The van der Waals surface area contributed by atoms with Crippen LogP contribution in [0.1, 0.15) is 59.0 Å². The van der Waals surface area contributed by atoms with Crippen LogP contribution in [0, 0.1) is 11.3 Å². The van der Waals surface area contributed by atoms with E-state index in [0.29, 0.717) is 29.1 Å². The van der Waals surface area contributed by atoms with E-state index in [4.69, 9.17) is 15.2 Å². The number of imidazole rings is 1. The molecule has 60 heavy (non-hydrogen) atoms. The quantitative estimate of drug-likeness (QED) is 0.0791. The number of carboxylic acid groups (broad SMARTS) is 1. The van der Waals surface area contributed by atoms with E-state index >= 15 is 0 Å². The number of hydrogen-bond donors (Lipinski definition) is 8. The summed E-state index contributed by atoms with van der Waals surface area (Å²) in [6.07, 6.45) is -5.65. The smallest absolute Gasteiger partial charge is 0.475 e. The normalized spacial score (nSPS) is 17.2. The highest BCUT2D eigenvalue weighted by atomic mass is 19.4. The lowest BCUT2D eigenvalue weighted by Crippen LogP contribution is -2.42. The highest BCUT2D eigenvalue weighted by molar-refractivity contribution is 5.94. The number of nitriles is 1. The molecular formula is C40H41F3N10O7. The molecule has 6 rings (SSSR count). The van der Waals surface area contributed by atoms with Crippen molar-refractivity contribution in [1.82, 2.24) is 35.5 Å². The second-order valence-corrected chi connectivity index (χ2v) is 13.4. The van der Waals surface area contributed by atoms with E-state index in [-0.39, 0.29) is 49.2 Å². The zero-order chi connectivity index (χ0) is 43.4. The molecule has 0 saturated heterocycles. The molecule has 0 aliphatic heterocycles. The molecular weight excluding hydrogens is 789 g/mol. The SMILES string of the molecule is CCC(=O)N[C@H]1C[C@@H](n2cnc3c(NCC(c4ccccc4)c4ccccc4)nc(C(=O)NCCNC(=O)Nc4ccc(C#N)cc4)nc32)[C@H](O)[C@@H]1O.O=C(O)C(F)(F)F. The number of rotatable bonds is 13. The van der Waals surface area contributed by atoms with Crippen LogP contribution in [0.2, 0.25) is 0 Å². The summed E-state index contributed by atoms with van der Waals surface area (Å²) in [6.45, 7) is 2.24. The predicted octanol–water partition coefficient (Wildman–Crippen LogP) is 3.69. The average molecular weight is 831 g/mol. The van der Waals surface area contributed by atoms with Crippen molar-refractivity contribution in [2.45, 2.75) is 56.2 Å². The average Bonchev–Trinajstić information content (AvgIpc) is 3.79. The molecule has 1 saturated carbocycles. The Hall–Kier alpha value is -7.11. The van der Waals surface area contributed by atoms with Gasteiger partial charge in [-0.05, 0) is 41.8 Å². The van der Waals surface area contributed by atoms with Crippen molar-refractivity contribution in [3.63, 3.8) is 0 Å². The van der Waals surface area contributed by atoms with E-state index in [0.717, 1.165) is 11.1 Å². The number of aliphatic carboxylic acids is 1. The van der Waals surface area contributed by atoms with Crippen LogP contribution >= 0.6 is 0 Å². The fraction of sp³-hybridized carbons (Fsp3) is 0.300. The van der Waals surface area contributed by atoms with Crippen LogP contribution in [0.5, 0.6) is 0 Å². The second-order valence-electron chi connectivity index (χ2n) is 13.4. The van der Waals surface area contributed by atoms with Crippen LogP contribution < -0.4 is 26.6 Å². The Labute approximate surface area is 340 Å². The van der Waals surface area contributed by atoms with Crippen LogP contribution in [0.3, 0.4) is 0 Å². The number of hydrogen-bond acceptors (Lipinski definition) is 11. The Bertz CT molecular complexity index is 2270. The van der Waals surface area contributed by atoms with Gasteiger partial charge in [-0.3, -0.25) is 9.59 Å². The highest BCUT2D eigenvalue weighted by Crippen LogP contribution is 2.34. The number of carbonyl (C=O) groups is 4. The van der Waals surface area contributed by atoms with E-state index in [1.165, 1.54) is 6.33 Å². The molecule has 8 N–H and O–H groups in total. The number of aliphatic hydroxyl groups is 2. The summed E-state index contributed by atoms with van der Waals surface area (Å²) in [6, 6.07) is 26.5. The van der Waals surface area contributed by atoms with Gasteiger partial charge in [-0.25, -0.2) is 24.5 Å². The number of fused-ring (bicyclic) bond motifs is 1. The number of benzene rings is 3. The van der Waals surface area contributed by atoms with E-state index in [1.807, 2.05) is 66.7 Å². The van der Waals surface area contributed by atoms with Crippen molar-refractivity contribution >= 4 is 46.5 Å². The first kappa shape index (κ1) is 44.0. The molecule has 4 amide bonds. The number of alkyl halides is 3. The van der Waals surface area contributed by atoms with E-state index in [1.54, 1.807) is 35.8 Å². The van der Waals surface area contributed by atoms with Crippen LogP contribution in [0.25, 0.3) is 11.2 Å². The summed E-state index contributed by atoms with van der Waals surface area (Å²) < 4.78 is 33.3. The summed E-state index contributed by atoms with van der Waals surface area (Å²) in [7, 11) is 0. The number of carboxylic acids is 1. The number of aliphatic hydroxyl groups excluding tert-OH is 2. The molecule has 1 aliphatic carbocycles. The molecule has 0 unspecified atom stereocenters. The van der Waals surface area contributed by atoms with Crippen molar-refractivity contribution in [2.75, 3.05) is 30.3 Å². The zero-order valence-corrected chi connectivity index (χ0v) is 31.9. The van der Waals surface area contributed by atoms with Crippen LogP contribution in [0.15, 0.2) is 91.3 Å². The number of aromatic nitrogens is 4. The molecule has 17 nitrogen and oxygen atoms in total. The van der Waals surface area contributed by atoms with Gasteiger partial charge in [0.25, 0.3) is 5.91 Å². The lowest BCUT2D eigenvalue weighted by Gasteiger charge is -2.20. The Kier molecular flexibility index (Phi) is 14.7. The van der Waals surface area contributed by atoms with Gasteiger partial charge < -0.3 is 46.5 Å². The molecule has 1 aliphatic rings. The first-order valence-electron chi connectivity index (χ1n) is 18.6. The van der Waals surface area contributed by atoms with Gasteiger partial charge in [0.1, 0.15) is 17.7 Å². The summed E-state index contributed by atoms with van der Waals surface area (Å²) in [5, 5.41) is 52.2. The van der Waals surface area contributed by atoms with Gasteiger partial charge in [-0.1, -0.05) is 67.6 Å². The van der Waals surface area contributed by atoms with Gasteiger partial charge in [0.2, 0.25) is 11.7 Å². The first-order valence-corrected chi connectivity index (χ1v) is 18.6. The van der Waals surface area contributed by atoms with Gasteiger partial charge in [0.15, 0.2) is 11.5 Å². The van der Waals surface area contributed by atoms with Crippen LogP contribution in [0.4, 0.5) is 29.5 Å².